The molecule has 5 rings (SSSR count). The summed E-state index contributed by atoms with van der Waals surface area (Å²) in [6.07, 6.45) is 0.868. The topological polar surface area (TPSA) is 106 Å². The molecule has 0 aliphatic carbocycles. The number of phenols is 1. The first-order valence-corrected chi connectivity index (χ1v) is 12.3. The molecule has 8 nitrogen and oxygen atoms in total. The third-order valence-electron chi connectivity index (χ3n) is 6.93. The molecule has 8 heteroatoms. The Morgan fingerprint density at radius 2 is 1.92 bits per heavy atom. The molecule has 0 unspecified atom stereocenters. The average molecular weight is 497 g/mol. The van der Waals surface area contributed by atoms with E-state index in [0.29, 0.717) is 19.6 Å². The summed E-state index contributed by atoms with van der Waals surface area (Å²) in [6, 6.07) is 20.4. The molecule has 0 saturated carbocycles. The lowest BCUT2D eigenvalue weighted by Gasteiger charge is -2.20. The number of likely N-dealkylation sites (tertiary alicyclic amines) is 1. The van der Waals surface area contributed by atoms with Gasteiger partial charge >= 0.3 is 0 Å². The summed E-state index contributed by atoms with van der Waals surface area (Å²) < 4.78 is 5.94. The van der Waals surface area contributed by atoms with Crippen molar-refractivity contribution in [1.82, 2.24) is 9.80 Å². The van der Waals surface area contributed by atoms with Gasteiger partial charge in [0.15, 0.2) is 0 Å². The van der Waals surface area contributed by atoms with Crippen LogP contribution in [0.5, 0.6) is 11.5 Å². The standard InChI is InChI=1S/C29H28N4O4/c1-19(34)32-11-10-23(16-32)31-25-9-5-8-22-15-33(17-24(22)25)29(36)28-26(35)12-21(14-30)13-27(28)37-18-20-6-3-2-4-7-20/h2-9,12-13,23,31,35H,10-11,15-18H2,1H3/t23-/m1/s1. The van der Waals surface area contributed by atoms with Crippen LogP contribution in [0.25, 0.3) is 0 Å². The summed E-state index contributed by atoms with van der Waals surface area (Å²) in [7, 11) is 0. The lowest BCUT2D eigenvalue weighted by molar-refractivity contribution is -0.127. The van der Waals surface area contributed by atoms with E-state index in [2.05, 4.69) is 5.32 Å². The molecule has 188 valence electrons. The lowest BCUT2D eigenvalue weighted by atomic mass is 10.1. The zero-order valence-electron chi connectivity index (χ0n) is 20.6. The molecule has 1 atom stereocenters. The number of nitriles is 1. The van der Waals surface area contributed by atoms with Crippen LogP contribution < -0.4 is 10.1 Å². The van der Waals surface area contributed by atoms with Crippen molar-refractivity contribution < 1.29 is 19.4 Å². The highest BCUT2D eigenvalue weighted by Crippen LogP contribution is 2.36. The molecule has 3 aromatic carbocycles. The maximum Gasteiger partial charge on any atom is 0.262 e. The molecule has 37 heavy (non-hydrogen) atoms. The molecule has 0 aromatic heterocycles. The van der Waals surface area contributed by atoms with Gasteiger partial charge < -0.3 is 25.0 Å². The van der Waals surface area contributed by atoms with E-state index in [-0.39, 0.29) is 47.1 Å². The number of benzene rings is 3. The highest BCUT2D eigenvalue weighted by molar-refractivity contribution is 6.00. The third kappa shape index (κ3) is 5.07. The van der Waals surface area contributed by atoms with Gasteiger partial charge in [0.2, 0.25) is 5.91 Å². The molecule has 0 spiro atoms. The molecule has 1 saturated heterocycles. The fourth-order valence-electron chi connectivity index (χ4n) is 4.97. The van der Waals surface area contributed by atoms with Gasteiger partial charge in [-0.1, -0.05) is 42.5 Å². The first-order valence-electron chi connectivity index (χ1n) is 12.3. The number of fused-ring (bicyclic) bond motifs is 1. The number of rotatable bonds is 6. The van der Waals surface area contributed by atoms with Crippen LogP contribution in [0.15, 0.2) is 60.7 Å². The number of ether oxygens (including phenoxy) is 1. The zero-order chi connectivity index (χ0) is 25.9. The van der Waals surface area contributed by atoms with Gasteiger partial charge in [0.05, 0.1) is 11.6 Å². The molecule has 2 heterocycles. The van der Waals surface area contributed by atoms with Crippen LogP contribution >= 0.6 is 0 Å². The van der Waals surface area contributed by atoms with Gasteiger partial charge in [-0.15, -0.1) is 0 Å². The largest absolute Gasteiger partial charge is 0.507 e. The van der Waals surface area contributed by atoms with E-state index < -0.39 is 0 Å². The first kappa shape index (κ1) is 24.2. The van der Waals surface area contributed by atoms with Crippen LogP contribution in [0.3, 0.4) is 0 Å². The number of hydrogen-bond donors (Lipinski definition) is 2. The molecule has 2 aliphatic rings. The molecule has 2 amide bonds. The van der Waals surface area contributed by atoms with Gasteiger partial charge in [0.25, 0.3) is 5.91 Å². The van der Waals surface area contributed by atoms with E-state index in [4.69, 9.17) is 4.74 Å². The van der Waals surface area contributed by atoms with Crippen LogP contribution in [0.4, 0.5) is 5.69 Å². The van der Waals surface area contributed by atoms with Crippen molar-refractivity contribution in [3.05, 3.63) is 88.5 Å². The lowest BCUT2D eigenvalue weighted by Crippen LogP contribution is -2.30. The van der Waals surface area contributed by atoms with Crippen LogP contribution in [-0.4, -0.2) is 45.9 Å². The minimum Gasteiger partial charge on any atom is -0.507 e. The van der Waals surface area contributed by atoms with Gasteiger partial charge in [0, 0.05) is 44.8 Å². The van der Waals surface area contributed by atoms with E-state index >= 15 is 0 Å². The maximum absolute atomic E-state index is 13.7. The number of anilines is 1. The fraction of sp³-hybridized carbons (Fsp3) is 0.276. The Balaban J connectivity index is 1.36. The van der Waals surface area contributed by atoms with Crippen molar-refractivity contribution in [2.24, 2.45) is 0 Å². The number of aromatic hydroxyl groups is 1. The SMILES string of the molecule is CC(=O)N1CC[C@@H](Nc2cccc3c2CN(C(=O)c2c(O)cc(C#N)cc2OCc2ccccc2)C3)C1. The van der Waals surface area contributed by atoms with Crippen molar-refractivity contribution in [2.45, 2.75) is 39.1 Å². The number of amides is 2. The van der Waals surface area contributed by atoms with Gasteiger partial charge in [-0.25, -0.2) is 0 Å². The van der Waals surface area contributed by atoms with E-state index in [9.17, 15) is 20.0 Å². The number of phenolic OH excluding ortho intramolecular Hbond substituents is 1. The normalized spacial score (nSPS) is 16.3. The molecule has 2 aliphatic heterocycles. The molecule has 2 N–H and O–H groups in total. The Kier molecular flexibility index (Phi) is 6.69. The number of nitrogens with one attached hydrogen (secondary N) is 1. The Bertz CT molecular complexity index is 1380. The van der Waals surface area contributed by atoms with Crippen molar-refractivity contribution in [2.75, 3.05) is 18.4 Å². The van der Waals surface area contributed by atoms with E-state index in [0.717, 1.165) is 35.3 Å². The Morgan fingerprint density at radius 1 is 1.11 bits per heavy atom. The second-order valence-corrected chi connectivity index (χ2v) is 9.45. The second kappa shape index (κ2) is 10.2. The fourth-order valence-corrected chi connectivity index (χ4v) is 4.97. The summed E-state index contributed by atoms with van der Waals surface area (Å²) in [4.78, 5) is 28.9. The molecule has 3 aromatic rings. The number of hydrogen-bond acceptors (Lipinski definition) is 6. The van der Waals surface area contributed by atoms with Gasteiger partial charge in [-0.2, -0.15) is 5.26 Å². The molecule has 1 fully saturated rings. The average Bonchev–Trinajstić information content (AvgIpc) is 3.55. The minimum atomic E-state index is -0.365. The Hall–Kier alpha value is -4.51. The number of nitrogens with zero attached hydrogens (tertiary/aromatic N) is 3. The summed E-state index contributed by atoms with van der Waals surface area (Å²) in [5.41, 5.74) is 4.17. The first-order chi connectivity index (χ1) is 17.9. The van der Waals surface area contributed by atoms with Crippen LogP contribution in [0.2, 0.25) is 0 Å². The number of carbonyl (C=O) groups excluding carboxylic acids is 2. The smallest absolute Gasteiger partial charge is 0.262 e. The van der Waals surface area contributed by atoms with Crippen LogP contribution in [0, 0.1) is 11.3 Å². The van der Waals surface area contributed by atoms with Crippen molar-refractivity contribution in [3.8, 4) is 17.6 Å². The highest BCUT2D eigenvalue weighted by Gasteiger charge is 2.31. The summed E-state index contributed by atoms with van der Waals surface area (Å²) in [5.74, 6) is -0.394. The van der Waals surface area contributed by atoms with E-state index in [1.54, 1.807) is 11.8 Å². The maximum atomic E-state index is 13.7. The summed E-state index contributed by atoms with van der Waals surface area (Å²) in [5, 5.41) is 23.7. The molecule has 0 radical (unpaired) electrons. The number of carbonyl (C=O) groups is 2. The summed E-state index contributed by atoms with van der Waals surface area (Å²) >= 11 is 0. The van der Waals surface area contributed by atoms with E-state index in [1.807, 2.05) is 59.5 Å². The van der Waals surface area contributed by atoms with Gasteiger partial charge in [0.1, 0.15) is 23.7 Å². The van der Waals surface area contributed by atoms with Crippen molar-refractivity contribution in [3.63, 3.8) is 0 Å². The summed E-state index contributed by atoms with van der Waals surface area (Å²) in [6.45, 7) is 3.94. The molecule has 0 bridgehead atoms. The minimum absolute atomic E-state index is 0.0464. The van der Waals surface area contributed by atoms with Crippen LogP contribution in [0.1, 0.15) is 46.0 Å². The molecular weight excluding hydrogens is 468 g/mol. The quantitative estimate of drug-likeness (QED) is 0.534. The Morgan fingerprint density at radius 3 is 2.65 bits per heavy atom. The third-order valence-corrected chi connectivity index (χ3v) is 6.93. The monoisotopic (exact) mass is 496 g/mol. The second-order valence-electron chi connectivity index (χ2n) is 9.45. The predicted octanol–water partition coefficient (Wildman–Crippen LogP) is 4.03. The Labute approximate surface area is 215 Å². The van der Waals surface area contributed by atoms with E-state index in [1.165, 1.54) is 12.1 Å². The van der Waals surface area contributed by atoms with Crippen molar-refractivity contribution >= 4 is 17.5 Å². The highest BCUT2D eigenvalue weighted by atomic mass is 16.5. The van der Waals surface area contributed by atoms with Crippen LogP contribution in [-0.2, 0) is 24.5 Å². The molecular formula is C29H28N4O4. The van der Waals surface area contributed by atoms with Gasteiger partial charge in [-0.05, 0) is 41.3 Å². The zero-order valence-corrected chi connectivity index (χ0v) is 20.6. The van der Waals surface area contributed by atoms with Gasteiger partial charge in [-0.3, -0.25) is 9.59 Å². The predicted molar refractivity (Wildman–Crippen MR) is 138 cm³/mol. The van der Waals surface area contributed by atoms with Crippen molar-refractivity contribution in [1.29, 1.82) is 5.26 Å².